The maximum absolute atomic E-state index is 12.2. The third-order valence-electron chi connectivity index (χ3n) is 4.80. The van der Waals surface area contributed by atoms with Crippen molar-refractivity contribution in [2.75, 3.05) is 19.6 Å². The fourth-order valence-corrected chi connectivity index (χ4v) is 3.83. The molecule has 2 rings (SSSR count). The van der Waals surface area contributed by atoms with Crippen molar-refractivity contribution in [2.24, 2.45) is 17.6 Å². The first-order chi connectivity index (χ1) is 9.58. The van der Waals surface area contributed by atoms with Gasteiger partial charge in [0.2, 0.25) is 5.91 Å². The lowest BCUT2D eigenvalue weighted by molar-refractivity contribution is -0.123. The van der Waals surface area contributed by atoms with E-state index in [1.165, 1.54) is 19.4 Å². The molecule has 2 fully saturated rings. The number of hydrogen-bond acceptors (Lipinski definition) is 3. The van der Waals surface area contributed by atoms with Crippen LogP contribution in [-0.2, 0) is 4.79 Å². The molecule has 2 aliphatic rings. The number of nitrogens with zero attached hydrogens (tertiary/aromatic N) is 1. The SMILES string of the molecule is CC(C)CC(CN)CC(=O)NC1CCN2CCCC2C1. The molecule has 0 aromatic rings. The zero-order valence-corrected chi connectivity index (χ0v) is 13.1. The van der Waals surface area contributed by atoms with Crippen LogP contribution in [0.4, 0.5) is 0 Å². The van der Waals surface area contributed by atoms with E-state index in [1.54, 1.807) is 0 Å². The molecule has 3 atom stereocenters. The molecule has 116 valence electrons. The number of amides is 1. The van der Waals surface area contributed by atoms with Gasteiger partial charge >= 0.3 is 0 Å². The van der Waals surface area contributed by atoms with Crippen LogP contribution in [0.5, 0.6) is 0 Å². The summed E-state index contributed by atoms with van der Waals surface area (Å²) in [5, 5.41) is 3.25. The molecule has 4 heteroatoms. The van der Waals surface area contributed by atoms with Crippen molar-refractivity contribution in [3.8, 4) is 0 Å². The Bertz CT molecular complexity index is 319. The van der Waals surface area contributed by atoms with E-state index in [0.29, 0.717) is 30.8 Å². The number of nitrogens with one attached hydrogen (secondary N) is 1. The quantitative estimate of drug-likeness (QED) is 0.779. The van der Waals surface area contributed by atoms with Crippen LogP contribution in [0.1, 0.15) is 52.4 Å². The highest BCUT2D eigenvalue weighted by Crippen LogP contribution is 2.27. The number of hydrogen-bond donors (Lipinski definition) is 2. The molecule has 3 N–H and O–H groups in total. The maximum atomic E-state index is 12.2. The highest BCUT2D eigenvalue weighted by molar-refractivity contribution is 5.76. The van der Waals surface area contributed by atoms with Crippen molar-refractivity contribution in [3.05, 3.63) is 0 Å². The number of carbonyl (C=O) groups excluding carboxylic acids is 1. The molecule has 0 bridgehead atoms. The maximum Gasteiger partial charge on any atom is 0.220 e. The highest BCUT2D eigenvalue weighted by Gasteiger charge is 2.32. The highest BCUT2D eigenvalue weighted by atomic mass is 16.1. The lowest BCUT2D eigenvalue weighted by atomic mass is 9.93. The predicted molar refractivity (Wildman–Crippen MR) is 82.4 cm³/mol. The number of piperidine rings is 1. The standard InChI is InChI=1S/C16H31N3O/c1-12(2)8-13(11-17)9-16(20)18-14-5-7-19-6-3-4-15(19)10-14/h12-15H,3-11,17H2,1-2H3,(H,18,20). The van der Waals surface area contributed by atoms with Crippen LogP contribution in [0.25, 0.3) is 0 Å². The Balaban J connectivity index is 1.73. The summed E-state index contributed by atoms with van der Waals surface area (Å²) in [7, 11) is 0. The van der Waals surface area contributed by atoms with Gasteiger partial charge in [0.1, 0.15) is 0 Å². The molecular weight excluding hydrogens is 250 g/mol. The van der Waals surface area contributed by atoms with Gasteiger partial charge in [-0.3, -0.25) is 4.79 Å². The Hall–Kier alpha value is -0.610. The van der Waals surface area contributed by atoms with Crippen molar-refractivity contribution in [1.82, 2.24) is 10.2 Å². The van der Waals surface area contributed by atoms with Gasteiger partial charge in [-0.15, -0.1) is 0 Å². The summed E-state index contributed by atoms with van der Waals surface area (Å²) in [4.78, 5) is 14.8. The van der Waals surface area contributed by atoms with E-state index in [0.717, 1.165) is 31.8 Å². The minimum atomic E-state index is 0.206. The normalized spacial score (nSPS) is 28.4. The van der Waals surface area contributed by atoms with Crippen LogP contribution in [0, 0.1) is 11.8 Å². The van der Waals surface area contributed by atoms with Crippen molar-refractivity contribution in [3.63, 3.8) is 0 Å². The molecule has 3 unspecified atom stereocenters. The summed E-state index contributed by atoms with van der Waals surface area (Å²) in [5.41, 5.74) is 5.79. The number of carbonyl (C=O) groups is 1. The van der Waals surface area contributed by atoms with Crippen molar-refractivity contribution < 1.29 is 4.79 Å². The second-order valence-corrected chi connectivity index (χ2v) is 7.06. The fourth-order valence-electron chi connectivity index (χ4n) is 3.83. The summed E-state index contributed by atoms with van der Waals surface area (Å²) in [5.74, 6) is 1.15. The first-order valence-electron chi connectivity index (χ1n) is 8.32. The smallest absolute Gasteiger partial charge is 0.220 e. The van der Waals surface area contributed by atoms with E-state index in [4.69, 9.17) is 5.73 Å². The van der Waals surface area contributed by atoms with Gasteiger partial charge in [0, 0.05) is 25.0 Å². The minimum absolute atomic E-state index is 0.206. The van der Waals surface area contributed by atoms with Gasteiger partial charge in [0.05, 0.1) is 0 Å². The third-order valence-corrected chi connectivity index (χ3v) is 4.80. The molecule has 2 saturated heterocycles. The summed E-state index contributed by atoms with van der Waals surface area (Å²) >= 11 is 0. The Morgan fingerprint density at radius 1 is 1.35 bits per heavy atom. The molecule has 1 amide bonds. The zero-order chi connectivity index (χ0) is 14.5. The van der Waals surface area contributed by atoms with Crippen molar-refractivity contribution >= 4 is 5.91 Å². The predicted octanol–water partition coefficient (Wildman–Crippen LogP) is 1.74. The first kappa shape index (κ1) is 15.8. The largest absolute Gasteiger partial charge is 0.353 e. The minimum Gasteiger partial charge on any atom is -0.353 e. The van der Waals surface area contributed by atoms with Crippen LogP contribution in [-0.4, -0.2) is 42.5 Å². The third kappa shape index (κ3) is 4.45. The molecule has 0 aromatic carbocycles. The molecule has 0 aliphatic carbocycles. The average Bonchev–Trinajstić information content (AvgIpc) is 2.84. The second-order valence-electron chi connectivity index (χ2n) is 7.06. The molecular formula is C16H31N3O. The number of fused-ring (bicyclic) bond motifs is 1. The van der Waals surface area contributed by atoms with Gasteiger partial charge < -0.3 is 16.0 Å². The van der Waals surface area contributed by atoms with E-state index in [2.05, 4.69) is 24.1 Å². The fraction of sp³-hybridized carbons (Fsp3) is 0.938. The van der Waals surface area contributed by atoms with Crippen LogP contribution < -0.4 is 11.1 Å². The van der Waals surface area contributed by atoms with Crippen molar-refractivity contribution in [2.45, 2.75) is 64.5 Å². The molecule has 0 aromatic heterocycles. The van der Waals surface area contributed by atoms with Gasteiger partial charge in [0.15, 0.2) is 0 Å². The lowest BCUT2D eigenvalue weighted by Crippen LogP contribution is -2.47. The van der Waals surface area contributed by atoms with Gasteiger partial charge in [0.25, 0.3) is 0 Å². The van der Waals surface area contributed by atoms with E-state index >= 15 is 0 Å². The second kappa shape index (κ2) is 7.41. The Labute approximate surface area is 123 Å². The van der Waals surface area contributed by atoms with Gasteiger partial charge in [-0.05, 0) is 57.0 Å². The van der Waals surface area contributed by atoms with Crippen molar-refractivity contribution in [1.29, 1.82) is 0 Å². The molecule has 0 saturated carbocycles. The van der Waals surface area contributed by atoms with Crippen LogP contribution in [0.2, 0.25) is 0 Å². The lowest BCUT2D eigenvalue weighted by Gasteiger charge is -2.35. The van der Waals surface area contributed by atoms with Crippen LogP contribution >= 0.6 is 0 Å². The topological polar surface area (TPSA) is 58.4 Å². The Morgan fingerprint density at radius 3 is 2.85 bits per heavy atom. The molecule has 4 nitrogen and oxygen atoms in total. The van der Waals surface area contributed by atoms with E-state index in [9.17, 15) is 4.79 Å². The molecule has 20 heavy (non-hydrogen) atoms. The van der Waals surface area contributed by atoms with E-state index in [1.807, 2.05) is 0 Å². The summed E-state index contributed by atoms with van der Waals surface area (Å²) in [6.45, 7) is 7.41. The monoisotopic (exact) mass is 281 g/mol. The summed E-state index contributed by atoms with van der Waals surface area (Å²) in [6, 6.07) is 1.11. The van der Waals surface area contributed by atoms with Gasteiger partial charge in [-0.1, -0.05) is 13.8 Å². The molecule has 2 aliphatic heterocycles. The first-order valence-corrected chi connectivity index (χ1v) is 8.32. The molecule has 0 spiro atoms. The molecule has 0 radical (unpaired) electrons. The summed E-state index contributed by atoms with van der Waals surface area (Å²) in [6.07, 6.45) is 6.54. The van der Waals surface area contributed by atoms with E-state index < -0.39 is 0 Å². The molecule has 2 heterocycles. The van der Waals surface area contributed by atoms with Crippen LogP contribution in [0.15, 0.2) is 0 Å². The average molecular weight is 281 g/mol. The van der Waals surface area contributed by atoms with E-state index in [-0.39, 0.29) is 5.91 Å². The Kier molecular flexibility index (Phi) is 5.85. The van der Waals surface area contributed by atoms with Gasteiger partial charge in [-0.2, -0.15) is 0 Å². The Morgan fingerprint density at radius 2 is 2.15 bits per heavy atom. The number of nitrogens with two attached hydrogens (primary N) is 1. The number of rotatable bonds is 6. The zero-order valence-electron chi connectivity index (χ0n) is 13.1. The van der Waals surface area contributed by atoms with Gasteiger partial charge in [-0.25, -0.2) is 0 Å². The summed E-state index contributed by atoms with van der Waals surface area (Å²) < 4.78 is 0. The van der Waals surface area contributed by atoms with Crippen LogP contribution in [0.3, 0.4) is 0 Å².